The minimum atomic E-state index is -0.557. The highest BCUT2D eigenvalue weighted by Crippen LogP contribution is 2.09. The molecule has 16 heavy (non-hydrogen) atoms. The van der Waals surface area contributed by atoms with Gasteiger partial charge in [-0.15, -0.1) is 0 Å². The third-order valence-electron chi connectivity index (χ3n) is 2.79. The number of carbonyl (C=O) groups excluding carboxylic acids is 2. The molecule has 0 aromatic rings. The van der Waals surface area contributed by atoms with E-state index in [1.165, 1.54) is 7.11 Å². The van der Waals surface area contributed by atoms with Gasteiger partial charge in [-0.2, -0.15) is 0 Å². The average Bonchev–Trinajstić information content (AvgIpc) is 2.77. The Bertz CT molecular complexity index is 260. The molecule has 1 heterocycles. The number of ether oxygens (including phenoxy) is 1. The summed E-state index contributed by atoms with van der Waals surface area (Å²) in [5.41, 5.74) is 0. The van der Waals surface area contributed by atoms with Crippen molar-refractivity contribution in [3.05, 3.63) is 0 Å². The van der Waals surface area contributed by atoms with Crippen LogP contribution in [0.2, 0.25) is 0 Å². The zero-order valence-corrected chi connectivity index (χ0v) is 10.2. The number of rotatable bonds is 3. The van der Waals surface area contributed by atoms with Crippen molar-refractivity contribution in [2.45, 2.75) is 32.7 Å². The van der Waals surface area contributed by atoms with Crippen LogP contribution in [0.15, 0.2) is 0 Å². The van der Waals surface area contributed by atoms with Crippen molar-refractivity contribution in [3.63, 3.8) is 0 Å². The standard InChI is InChI=1S/C11H20N2O3/c1-8(2)9(10(14)16-3)12-11(15)13-6-4-5-7-13/h8-9H,4-7H2,1-3H3,(H,12,15)/t9-/m1/s1. The Kier molecular flexibility index (Phi) is 4.58. The maximum Gasteiger partial charge on any atom is 0.328 e. The Morgan fingerprint density at radius 2 is 1.81 bits per heavy atom. The summed E-state index contributed by atoms with van der Waals surface area (Å²) in [6, 6.07) is -0.722. The van der Waals surface area contributed by atoms with E-state index in [4.69, 9.17) is 0 Å². The number of hydrogen-bond donors (Lipinski definition) is 1. The van der Waals surface area contributed by atoms with E-state index >= 15 is 0 Å². The van der Waals surface area contributed by atoms with E-state index < -0.39 is 6.04 Å². The van der Waals surface area contributed by atoms with Crippen molar-refractivity contribution < 1.29 is 14.3 Å². The number of carbonyl (C=O) groups is 2. The molecular weight excluding hydrogens is 208 g/mol. The predicted octanol–water partition coefficient (Wildman–Crippen LogP) is 0.989. The molecule has 0 radical (unpaired) electrons. The lowest BCUT2D eigenvalue weighted by molar-refractivity contribution is -0.144. The fourth-order valence-corrected chi connectivity index (χ4v) is 1.77. The number of nitrogens with one attached hydrogen (secondary N) is 1. The van der Waals surface area contributed by atoms with Gasteiger partial charge in [0.15, 0.2) is 0 Å². The topological polar surface area (TPSA) is 58.6 Å². The molecule has 1 N–H and O–H groups in total. The summed E-state index contributed by atoms with van der Waals surface area (Å²) in [7, 11) is 1.33. The molecule has 0 aromatic heterocycles. The Labute approximate surface area is 96.1 Å². The molecule has 0 saturated carbocycles. The van der Waals surface area contributed by atoms with Crippen LogP contribution < -0.4 is 5.32 Å². The maximum atomic E-state index is 11.8. The average molecular weight is 228 g/mol. The van der Waals surface area contributed by atoms with Crippen LogP contribution in [0.25, 0.3) is 0 Å². The van der Waals surface area contributed by atoms with E-state index in [2.05, 4.69) is 10.1 Å². The number of likely N-dealkylation sites (tertiary alicyclic amines) is 1. The van der Waals surface area contributed by atoms with E-state index in [9.17, 15) is 9.59 Å². The molecule has 1 fully saturated rings. The van der Waals surface area contributed by atoms with Gasteiger partial charge in [-0.25, -0.2) is 9.59 Å². The highest BCUT2D eigenvalue weighted by Gasteiger charge is 2.27. The van der Waals surface area contributed by atoms with Crippen LogP contribution >= 0.6 is 0 Å². The molecule has 0 unspecified atom stereocenters. The van der Waals surface area contributed by atoms with Crippen LogP contribution in [-0.2, 0) is 9.53 Å². The Hall–Kier alpha value is -1.26. The van der Waals surface area contributed by atoms with Gasteiger partial charge >= 0.3 is 12.0 Å². The smallest absolute Gasteiger partial charge is 0.328 e. The maximum absolute atomic E-state index is 11.8. The van der Waals surface area contributed by atoms with Crippen molar-refractivity contribution in [2.24, 2.45) is 5.92 Å². The van der Waals surface area contributed by atoms with Crippen LogP contribution in [0.3, 0.4) is 0 Å². The number of nitrogens with zero attached hydrogens (tertiary/aromatic N) is 1. The van der Waals surface area contributed by atoms with Gasteiger partial charge in [0.05, 0.1) is 7.11 Å². The second-order valence-electron chi connectivity index (χ2n) is 4.39. The van der Waals surface area contributed by atoms with Crippen LogP contribution in [0, 0.1) is 5.92 Å². The Balaban J connectivity index is 2.53. The van der Waals surface area contributed by atoms with Gasteiger partial charge in [0.1, 0.15) is 6.04 Å². The van der Waals surface area contributed by atoms with Crippen LogP contribution in [-0.4, -0.2) is 43.1 Å². The van der Waals surface area contributed by atoms with Crippen LogP contribution in [0.1, 0.15) is 26.7 Å². The summed E-state index contributed by atoms with van der Waals surface area (Å²) in [6.07, 6.45) is 2.08. The molecule has 1 rings (SSSR count). The summed E-state index contributed by atoms with van der Waals surface area (Å²) < 4.78 is 4.67. The fraction of sp³-hybridized carbons (Fsp3) is 0.818. The molecule has 0 aromatic carbocycles. The molecule has 1 aliphatic heterocycles. The number of esters is 1. The summed E-state index contributed by atoms with van der Waals surface area (Å²) >= 11 is 0. The molecule has 0 spiro atoms. The molecule has 5 heteroatoms. The van der Waals surface area contributed by atoms with Gasteiger partial charge in [-0.1, -0.05) is 13.8 Å². The third-order valence-corrected chi connectivity index (χ3v) is 2.79. The first kappa shape index (κ1) is 12.8. The zero-order valence-electron chi connectivity index (χ0n) is 10.2. The summed E-state index contributed by atoms with van der Waals surface area (Å²) in [5, 5.41) is 2.72. The molecule has 1 saturated heterocycles. The lowest BCUT2D eigenvalue weighted by Gasteiger charge is -2.23. The van der Waals surface area contributed by atoms with Crippen LogP contribution in [0.5, 0.6) is 0 Å². The summed E-state index contributed by atoms with van der Waals surface area (Å²) in [5.74, 6) is -0.360. The molecule has 0 bridgehead atoms. The van der Waals surface area contributed by atoms with Gasteiger partial charge in [-0.05, 0) is 18.8 Å². The van der Waals surface area contributed by atoms with Gasteiger partial charge in [0, 0.05) is 13.1 Å². The van der Waals surface area contributed by atoms with Crippen molar-refractivity contribution in [1.82, 2.24) is 10.2 Å². The third kappa shape index (κ3) is 3.12. The highest BCUT2D eigenvalue weighted by molar-refractivity contribution is 5.83. The summed E-state index contributed by atoms with van der Waals surface area (Å²) in [4.78, 5) is 25.0. The molecule has 2 amide bonds. The number of hydrogen-bond acceptors (Lipinski definition) is 3. The Morgan fingerprint density at radius 1 is 1.25 bits per heavy atom. The van der Waals surface area contributed by atoms with E-state index in [1.807, 2.05) is 13.8 Å². The van der Waals surface area contributed by atoms with Crippen molar-refractivity contribution in [3.8, 4) is 0 Å². The number of amides is 2. The minimum Gasteiger partial charge on any atom is -0.467 e. The zero-order chi connectivity index (χ0) is 12.1. The van der Waals surface area contributed by atoms with Gasteiger partial charge < -0.3 is 15.0 Å². The lowest BCUT2D eigenvalue weighted by Crippen LogP contribution is -2.49. The molecule has 92 valence electrons. The molecule has 0 aliphatic carbocycles. The molecular formula is C11H20N2O3. The van der Waals surface area contributed by atoms with E-state index in [1.54, 1.807) is 4.90 Å². The van der Waals surface area contributed by atoms with Crippen LogP contribution in [0.4, 0.5) is 4.79 Å². The predicted molar refractivity (Wildman–Crippen MR) is 60.0 cm³/mol. The SMILES string of the molecule is COC(=O)[C@H](NC(=O)N1CCCC1)C(C)C. The largest absolute Gasteiger partial charge is 0.467 e. The lowest BCUT2D eigenvalue weighted by atomic mass is 10.1. The van der Waals surface area contributed by atoms with Crippen molar-refractivity contribution in [1.29, 1.82) is 0 Å². The summed E-state index contributed by atoms with van der Waals surface area (Å²) in [6.45, 7) is 5.31. The highest BCUT2D eigenvalue weighted by atomic mass is 16.5. The molecule has 1 aliphatic rings. The van der Waals surface area contributed by atoms with Gasteiger partial charge in [-0.3, -0.25) is 0 Å². The quantitative estimate of drug-likeness (QED) is 0.733. The van der Waals surface area contributed by atoms with E-state index in [0.29, 0.717) is 0 Å². The van der Waals surface area contributed by atoms with Crippen molar-refractivity contribution in [2.75, 3.05) is 20.2 Å². The number of urea groups is 1. The minimum absolute atomic E-state index is 0.0269. The Morgan fingerprint density at radius 3 is 2.25 bits per heavy atom. The second kappa shape index (κ2) is 5.72. The fourth-order valence-electron chi connectivity index (χ4n) is 1.77. The van der Waals surface area contributed by atoms with Gasteiger partial charge in [0.25, 0.3) is 0 Å². The van der Waals surface area contributed by atoms with Crippen molar-refractivity contribution >= 4 is 12.0 Å². The molecule has 5 nitrogen and oxygen atoms in total. The molecule has 1 atom stereocenters. The van der Waals surface area contributed by atoms with E-state index in [0.717, 1.165) is 25.9 Å². The normalized spacial score (nSPS) is 17.4. The second-order valence-corrected chi connectivity index (χ2v) is 4.39. The van der Waals surface area contributed by atoms with E-state index in [-0.39, 0.29) is 17.9 Å². The van der Waals surface area contributed by atoms with Gasteiger partial charge in [0.2, 0.25) is 0 Å². The monoisotopic (exact) mass is 228 g/mol. The first-order chi connectivity index (χ1) is 7.56. The number of methoxy groups -OCH3 is 1. The first-order valence-corrected chi connectivity index (χ1v) is 5.69. The first-order valence-electron chi connectivity index (χ1n) is 5.69.